The minimum Gasteiger partial charge on any atom is -0.466 e. The molecule has 3 rings (SSSR count). The van der Waals surface area contributed by atoms with Crippen LogP contribution in [-0.2, 0) is 9.53 Å². The van der Waals surface area contributed by atoms with Crippen LogP contribution in [0.2, 0.25) is 0 Å². The minimum atomic E-state index is -0.311. The summed E-state index contributed by atoms with van der Waals surface area (Å²) in [7, 11) is 0. The number of nitrogens with zero attached hydrogens (tertiary/aromatic N) is 1. The van der Waals surface area contributed by atoms with E-state index in [1.54, 1.807) is 6.92 Å². The standard InChI is InChI=1S/C26H31N3O3/c1-4-8-22(28-25-18(3)17-21-9-6-7-10-23(21)29-25)19-11-13-20(14-12-19)26(31)27-16-15-24(30)32-5-2/h6-7,9-14,17,22H,4-5,8,15-16H2,1-3H3,(H,27,31)(H,28,29)/t22-/m1/s1. The predicted molar refractivity (Wildman–Crippen MR) is 128 cm³/mol. The Morgan fingerprint density at radius 2 is 1.81 bits per heavy atom. The summed E-state index contributed by atoms with van der Waals surface area (Å²) in [4.78, 5) is 28.6. The van der Waals surface area contributed by atoms with E-state index in [1.807, 2.05) is 42.5 Å². The Morgan fingerprint density at radius 3 is 2.53 bits per heavy atom. The van der Waals surface area contributed by atoms with E-state index in [9.17, 15) is 9.59 Å². The summed E-state index contributed by atoms with van der Waals surface area (Å²) in [6.07, 6.45) is 2.12. The van der Waals surface area contributed by atoms with E-state index >= 15 is 0 Å². The molecule has 1 atom stereocenters. The molecular formula is C26H31N3O3. The molecule has 0 aliphatic rings. The zero-order valence-corrected chi connectivity index (χ0v) is 19.0. The lowest BCUT2D eigenvalue weighted by atomic mass is 10.00. The number of carbonyl (C=O) groups is 2. The Balaban J connectivity index is 1.68. The predicted octanol–water partition coefficient (Wildman–Crippen LogP) is 5.18. The number of aromatic nitrogens is 1. The first-order valence-corrected chi connectivity index (χ1v) is 11.2. The van der Waals surface area contributed by atoms with Crippen LogP contribution in [0.25, 0.3) is 10.9 Å². The van der Waals surface area contributed by atoms with Crippen LogP contribution in [0.15, 0.2) is 54.6 Å². The number of hydrogen-bond acceptors (Lipinski definition) is 5. The maximum Gasteiger partial charge on any atom is 0.307 e. The van der Waals surface area contributed by atoms with E-state index in [0.29, 0.717) is 12.2 Å². The van der Waals surface area contributed by atoms with Gasteiger partial charge in [0, 0.05) is 17.5 Å². The number of para-hydroxylation sites is 1. The molecule has 6 nitrogen and oxygen atoms in total. The summed E-state index contributed by atoms with van der Waals surface area (Å²) in [6, 6.07) is 17.9. The zero-order valence-electron chi connectivity index (χ0n) is 19.0. The second kappa shape index (κ2) is 11.3. The molecule has 1 heterocycles. The van der Waals surface area contributed by atoms with Crippen molar-refractivity contribution < 1.29 is 14.3 Å². The van der Waals surface area contributed by atoms with Crippen LogP contribution in [0.5, 0.6) is 0 Å². The van der Waals surface area contributed by atoms with E-state index in [2.05, 4.69) is 36.6 Å². The molecule has 1 aromatic heterocycles. The Labute approximate surface area is 189 Å². The molecule has 168 valence electrons. The maximum atomic E-state index is 12.4. The summed E-state index contributed by atoms with van der Waals surface area (Å²) in [5.41, 5.74) is 3.73. The van der Waals surface area contributed by atoms with Crippen molar-refractivity contribution in [3.05, 3.63) is 71.3 Å². The van der Waals surface area contributed by atoms with Crippen molar-refractivity contribution in [1.82, 2.24) is 10.3 Å². The number of pyridine rings is 1. The van der Waals surface area contributed by atoms with E-state index in [-0.39, 0.29) is 30.9 Å². The quantitative estimate of drug-likeness (QED) is 0.431. The van der Waals surface area contributed by atoms with Gasteiger partial charge in [-0.1, -0.05) is 43.7 Å². The molecule has 2 N–H and O–H groups in total. The third-order valence-corrected chi connectivity index (χ3v) is 5.30. The molecule has 32 heavy (non-hydrogen) atoms. The normalized spacial score (nSPS) is 11.7. The Morgan fingerprint density at radius 1 is 1.06 bits per heavy atom. The number of hydrogen-bond donors (Lipinski definition) is 2. The highest BCUT2D eigenvalue weighted by molar-refractivity contribution is 5.94. The molecule has 3 aromatic rings. The van der Waals surface area contributed by atoms with Crippen molar-refractivity contribution in [3.63, 3.8) is 0 Å². The van der Waals surface area contributed by atoms with Gasteiger partial charge >= 0.3 is 5.97 Å². The molecule has 0 saturated carbocycles. The van der Waals surface area contributed by atoms with Gasteiger partial charge in [-0.2, -0.15) is 0 Å². The zero-order chi connectivity index (χ0) is 22.9. The molecule has 0 aliphatic carbocycles. The first-order valence-electron chi connectivity index (χ1n) is 11.2. The van der Waals surface area contributed by atoms with Crippen LogP contribution in [-0.4, -0.2) is 30.0 Å². The number of carbonyl (C=O) groups excluding carboxylic acids is 2. The number of rotatable bonds is 10. The summed E-state index contributed by atoms with van der Waals surface area (Å²) >= 11 is 0. The minimum absolute atomic E-state index is 0.0910. The van der Waals surface area contributed by atoms with Gasteiger partial charge < -0.3 is 15.4 Å². The highest BCUT2D eigenvalue weighted by atomic mass is 16.5. The summed E-state index contributed by atoms with van der Waals surface area (Å²) in [6.45, 7) is 6.58. The number of ether oxygens (including phenoxy) is 1. The summed E-state index contributed by atoms with van der Waals surface area (Å²) < 4.78 is 4.87. The molecule has 1 amide bonds. The molecule has 0 unspecified atom stereocenters. The Kier molecular flexibility index (Phi) is 8.20. The van der Waals surface area contributed by atoms with Crippen molar-refractivity contribution >= 4 is 28.6 Å². The van der Waals surface area contributed by atoms with Crippen molar-refractivity contribution in [1.29, 1.82) is 0 Å². The lowest BCUT2D eigenvalue weighted by Crippen LogP contribution is -2.26. The largest absolute Gasteiger partial charge is 0.466 e. The molecule has 0 saturated heterocycles. The number of aryl methyl sites for hydroxylation is 1. The average molecular weight is 434 g/mol. The van der Waals surface area contributed by atoms with Gasteiger partial charge in [0.05, 0.1) is 24.6 Å². The van der Waals surface area contributed by atoms with Gasteiger partial charge in [0.25, 0.3) is 5.91 Å². The number of anilines is 1. The smallest absolute Gasteiger partial charge is 0.307 e. The molecule has 0 bridgehead atoms. The Hall–Kier alpha value is -3.41. The number of esters is 1. The first-order chi connectivity index (χ1) is 15.5. The molecule has 0 radical (unpaired) electrons. The van der Waals surface area contributed by atoms with Gasteiger partial charge in [0.2, 0.25) is 0 Å². The topological polar surface area (TPSA) is 80.3 Å². The fourth-order valence-electron chi connectivity index (χ4n) is 3.62. The molecular weight excluding hydrogens is 402 g/mol. The number of fused-ring (bicyclic) bond motifs is 1. The van der Waals surface area contributed by atoms with Crippen LogP contribution in [0.3, 0.4) is 0 Å². The van der Waals surface area contributed by atoms with Crippen LogP contribution < -0.4 is 10.6 Å². The monoisotopic (exact) mass is 433 g/mol. The second-order valence-electron chi connectivity index (χ2n) is 7.77. The summed E-state index contributed by atoms with van der Waals surface area (Å²) in [5, 5.41) is 7.49. The van der Waals surface area contributed by atoms with Crippen LogP contribution in [0, 0.1) is 6.92 Å². The molecule has 6 heteroatoms. The lowest BCUT2D eigenvalue weighted by Gasteiger charge is -2.21. The van der Waals surface area contributed by atoms with E-state index in [4.69, 9.17) is 9.72 Å². The van der Waals surface area contributed by atoms with Crippen LogP contribution >= 0.6 is 0 Å². The third kappa shape index (κ3) is 6.06. The van der Waals surface area contributed by atoms with E-state index < -0.39 is 0 Å². The molecule has 0 aliphatic heterocycles. The van der Waals surface area contributed by atoms with Gasteiger partial charge in [-0.05, 0) is 55.7 Å². The highest BCUT2D eigenvalue weighted by Gasteiger charge is 2.15. The van der Waals surface area contributed by atoms with Crippen LogP contribution in [0.4, 0.5) is 5.82 Å². The van der Waals surface area contributed by atoms with Crippen LogP contribution in [0.1, 0.15) is 60.6 Å². The number of nitrogens with one attached hydrogen (secondary N) is 2. The first kappa shape index (κ1) is 23.3. The van der Waals surface area contributed by atoms with Crippen molar-refractivity contribution in [2.45, 2.75) is 46.1 Å². The molecule has 0 fully saturated rings. The van der Waals surface area contributed by atoms with Crippen molar-refractivity contribution in [2.75, 3.05) is 18.5 Å². The Bertz CT molecular complexity index is 1060. The second-order valence-corrected chi connectivity index (χ2v) is 7.77. The summed E-state index contributed by atoms with van der Waals surface area (Å²) in [5.74, 6) is 0.366. The molecule has 2 aromatic carbocycles. The van der Waals surface area contributed by atoms with Crippen molar-refractivity contribution in [2.24, 2.45) is 0 Å². The highest BCUT2D eigenvalue weighted by Crippen LogP contribution is 2.27. The lowest BCUT2D eigenvalue weighted by molar-refractivity contribution is -0.142. The van der Waals surface area contributed by atoms with Gasteiger partial charge in [-0.15, -0.1) is 0 Å². The number of benzene rings is 2. The SMILES string of the molecule is CCC[C@@H](Nc1nc2ccccc2cc1C)c1ccc(C(=O)NCCC(=O)OCC)cc1. The van der Waals surface area contributed by atoms with Crippen molar-refractivity contribution in [3.8, 4) is 0 Å². The average Bonchev–Trinajstić information content (AvgIpc) is 2.79. The fourth-order valence-corrected chi connectivity index (χ4v) is 3.62. The maximum absolute atomic E-state index is 12.4. The van der Waals surface area contributed by atoms with Gasteiger partial charge in [-0.25, -0.2) is 4.98 Å². The molecule has 0 spiro atoms. The van der Waals surface area contributed by atoms with Gasteiger partial charge in [0.15, 0.2) is 0 Å². The van der Waals surface area contributed by atoms with Gasteiger partial charge in [-0.3, -0.25) is 9.59 Å². The van der Waals surface area contributed by atoms with E-state index in [1.165, 1.54) is 0 Å². The third-order valence-electron chi connectivity index (χ3n) is 5.30. The number of amides is 1. The fraction of sp³-hybridized carbons (Fsp3) is 0.346. The van der Waals surface area contributed by atoms with Gasteiger partial charge in [0.1, 0.15) is 5.82 Å². The van der Waals surface area contributed by atoms with E-state index in [0.717, 1.165) is 40.7 Å².